The van der Waals surface area contributed by atoms with Crippen LogP contribution in [0.3, 0.4) is 0 Å². The molecule has 0 bridgehead atoms. The van der Waals surface area contributed by atoms with Crippen LogP contribution < -0.4 is 10.5 Å². The predicted molar refractivity (Wildman–Crippen MR) is 97.3 cm³/mol. The van der Waals surface area contributed by atoms with Crippen molar-refractivity contribution in [1.29, 1.82) is 0 Å². The number of primary amides is 1. The summed E-state index contributed by atoms with van der Waals surface area (Å²) in [6, 6.07) is 6.30. The summed E-state index contributed by atoms with van der Waals surface area (Å²) in [5.74, 6) is 1.51. The Bertz CT molecular complexity index is 624. The average molecular weight is 346 g/mol. The van der Waals surface area contributed by atoms with Gasteiger partial charge in [-0.1, -0.05) is 32.9 Å². The number of aliphatic hydroxyl groups excluding tert-OH is 1. The van der Waals surface area contributed by atoms with Gasteiger partial charge in [0.25, 0.3) is 5.91 Å². The van der Waals surface area contributed by atoms with E-state index >= 15 is 0 Å². The van der Waals surface area contributed by atoms with Crippen LogP contribution in [0.1, 0.15) is 44.7 Å². The topological polar surface area (TPSA) is 75.8 Å². The zero-order valence-corrected chi connectivity index (χ0v) is 15.5. The van der Waals surface area contributed by atoms with E-state index in [0.29, 0.717) is 11.8 Å². The van der Waals surface area contributed by atoms with Gasteiger partial charge in [-0.25, -0.2) is 0 Å². The molecule has 1 amide bonds. The summed E-state index contributed by atoms with van der Waals surface area (Å²) in [5.41, 5.74) is 7.54. The molecule has 0 aromatic heterocycles. The molecule has 0 spiro atoms. The Morgan fingerprint density at radius 3 is 2.48 bits per heavy atom. The molecule has 2 aliphatic rings. The molecule has 0 radical (unpaired) electrons. The number of ether oxygens (including phenoxy) is 1. The van der Waals surface area contributed by atoms with E-state index in [0.717, 1.165) is 43.8 Å². The molecule has 1 aromatic carbocycles. The first-order valence-corrected chi connectivity index (χ1v) is 9.17. The van der Waals surface area contributed by atoms with Crippen LogP contribution in [-0.4, -0.2) is 41.7 Å². The fourth-order valence-electron chi connectivity index (χ4n) is 4.17. The van der Waals surface area contributed by atoms with E-state index in [2.05, 4.69) is 37.8 Å². The highest BCUT2D eigenvalue weighted by Gasteiger charge is 2.40. The number of nitrogens with zero attached hydrogens (tertiary/aromatic N) is 1. The Labute approximate surface area is 150 Å². The summed E-state index contributed by atoms with van der Waals surface area (Å²) in [4.78, 5) is 13.6. The van der Waals surface area contributed by atoms with Gasteiger partial charge in [-0.3, -0.25) is 9.69 Å². The van der Waals surface area contributed by atoms with E-state index in [-0.39, 0.29) is 18.1 Å². The second-order valence-electron chi connectivity index (χ2n) is 8.67. The molecule has 5 heteroatoms. The van der Waals surface area contributed by atoms with Gasteiger partial charge in [0.05, 0.1) is 6.10 Å². The van der Waals surface area contributed by atoms with E-state index < -0.39 is 5.91 Å². The SMILES string of the molecule is CC(C)(C)c1ccc(CN2C[C@H]3CC(O)C[C@H]3C2)c(OCC(N)=O)c1. The predicted octanol–water partition coefficient (Wildman–Crippen LogP) is 2.05. The van der Waals surface area contributed by atoms with Crippen LogP contribution in [0, 0.1) is 11.8 Å². The number of hydrogen-bond donors (Lipinski definition) is 2. The first kappa shape index (κ1) is 18.2. The molecule has 1 heterocycles. The van der Waals surface area contributed by atoms with Gasteiger partial charge in [-0.15, -0.1) is 0 Å². The normalized spacial score (nSPS) is 26.6. The Hall–Kier alpha value is -1.59. The summed E-state index contributed by atoms with van der Waals surface area (Å²) in [7, 11) is 0. The van der Waals surface area contributed by atoms with Crippen molar-refractivity contribution in [2.45, 2.75) is 51.7 Å². The van der Waals surface area contributed by atoms with Crippen molar-refractivity contribution >= 4 is 5.91 Å². The molecule has 1 aliphatic carbocycles. The lowest BCUT2D eigenvalue weighted by molar-refractivity contribution is -0.119. The quantitative estimate of drug-likeness (QED) is 0.856. The van der Waals surface area contributed by atoms with Gasteiger partial charge in [0.2, 0.25) is 0 Å². The minimum atomic E-state index is -0.461. The van der Waals surface area contributed by atoms with E-state index in [4.69, 9.17) is 10.5 Å². The largest absolute Gasteiger partial charge is 0.483 e. The van der Waals surface area contributed by atoms with Crippen LogP contribution >= 0.6 is 0 Å². The van der Waals surface area contributed by atoms with Gasteiger partial charge >= 0.3 is 0 Å². The average Bonchev–Trinajstić information content (AvgIpc) is 3.01. The van der Waals surface area contributed by atoms with E-state index in [1.165, 1.54) is 5.56 Å². The highest BCUT2D eigenvalue weighted by Crippen LogP contribution is 2.39. The van der Waals surface area contributed by atoms with E-state index in [1.54, 1.807) is 0 Å². The molecular weight excluding hydrogens is 316 g/mol. The van der Waals surface area contributed by atoms with Crippen LogP contribution in [-0.2, 0) is 16.8 Å². The molecule has 2 fully saturated rings. The van der Waals surface area contributed by atoms with Crippen LogP contribution in [0.2, 0.25) is 0 Å². The molecule has 5 nitrogen and oxygen atoms in total. The summed E-state index contributed by atoms with van der Waals surface area (Å²) in [6.07, 6.45) is 1.74. The van der Waals surface area contributed by atoms with Crippen LogP contribution in [0.4, 0.5) is 0 Å². The number of likely N-dealkylation sites (tertiary alicyclic amines) is 1. The monoisotopic (exact) mass is 346 g/mol. The molecule has 3 N–H and O–H groups in total. The first-order valence-electron chi connectivity index (χ1n) is 9.17. The standard InChI is InChI=1S/C20H30N2O3/c1-20(2,3)16-5-4-13(18(8-16)25-12-19(21)24)9-22-10-14-6-17(23)7-15(14)11-22/h4-5,8,14-15,17,23H,6-7,9-12H2,1-3H3,(H2,21,24)/t14-,15+,17?. The highest BCUT2D eigenvalue weighted by molar-refractivity contribution is 5.75. The van der Waals surface area contributed by atoms with Crippen LogP contribution in [0.15, 0.2) is 18.2 Å². The van der Waals surface area contributed by atoms with Gasteiger partial charge in [-0.2, -0.15) is 0 Å². The molecule has 25 heavy (non-hydrogen) atoms. The van der Waals surface area contributed by atoms with Crippen molar-refractivity contribution in [2.75, 3.05) is 19.7 Å². The molecule has 138 valence electrons. The number of rotatable bonds is 5. The smallest absolute Gasteiger partial charge is 0.255 e. The fourth-order valence-corrected chi connectivity index (χ4v) is 4.17. The zero-order valence-electron chi connectivity index (χ0n) is 15.5. The molecular formula is C20H30N2O3. The molecule has 1 aromatic rings. The number of fused-ring (bicyclic) bond motifs is 1. The number of nitrogens with two attached hydrogens (primary N) is 1. The lowest BCUT2D eigenvalue weighted by Crippen LogP contribution is -2.24. The Balaban J connectivity index is 1.74. The van der Waals surface area contributed by atoms with Crippen LogP contribution in [0.5, 0.6) is 5.75 Å². The zero-order chi connectivity index (χ0) is 18.2. The Morgan fingerprint density at radius 1 is 1.28 bits per heavy atom. The van der Waals surface area contributed by atoms with Gasteiger partial charge < -0.3 is 15.6 Å². The minimum absolute atomic E-state index is 0.0180. The second kappa shape index (κ2) is 6.96. The third-order valence-corrected chi connectivity index (χ3v) is 5.50. The maximum Gasteiger partial charge on any atom is 0.255 e. The van der Waals surface area contributed by atoms with Crippen molar-refractivity contribution in [3.05, 3.63) is 29.3 Å². The van der Waals surface area contributed by atoms with Crippen molar-refractivity contribution in [3.8, 4) is 5.75 Å². The molecule has 1 saturated carbocycles. The van der Waals surface area contributed by atoms with Gasteiger partial charge in [0, 0.05) is 25.2 Å². The first-order chi connectivity index (χ1) is 11.7. The summed E-state index contributed by atoms with van der Waals surface area (Å²) in [5, 5.41) is 9.80. The minimum Gasteiger partial charge on any atom is -0.483 e. The number of benzene rings is 1. The van der Waals surface area contributed by atoms with Gasteiger partial charge in [0.15, 0.2) is 6.61 Å². The Kier molecular flexibility index (Phi) is 5.07. The third-order valence-electron chi connectivity index (χ3n) is 5.50. The molecule has 3 atom stereocenters. The summed E-state index contributed by atoms with van der Waals surface area (Å²) in [6.45, 7) is 9.24. The van der Waals surface area contributed by atoms with E-state index in [9.17, 15) is 9.90 Å². The van der Waals surface area contributed by atoms with Gasteiger partial charge in [0.1, 0.15) is 5.75 Å². The van der Waals surface area contributed by atoms with Crippen molar-refractivity contribution < 1.29 is 14.6 Å². The number of aliphatic hydroxyl groups is 1. The second-order valence-corrected chi connectivity index (χ2v) is 8.67. The fraction of sp³-hybridized carbons (Fsp3) is 0.650. The van der Waals surface area contributed by atoms with Gasteiger partial charge in [-0.05, 0) is 41.7 Å². The summed E-state index contributed by atoms with van der Waals surface area (Å²) >= 11 is 0. The Morgan fingerprint density at radius 2 is 1.92 bits per heavy atom. The maximum atomic E-state index is 11.1. The lowest BCUT2D eigenvalue weighted by atomic mass is 9.86. The van der Waals surface area contributed by atoms with Crippen molar-refractivity contribution in [1.82, 2.24) is 4.90 Å². The van der Waals surface area contributed by atoms with Crippen molar-refractivity contribution in [2.24, 2.45) is 17.6 Å². The number of carbonyl (C=O) groups is 1. The molecule has 1 aliphatic heterocycles. The van der Waals surface area contributed by atoms with Crippen LogP contribution in [0.25, 0.3) is 0 Å². The maximum absolute atomic E-state index is 11.1. The summed E-state index contributed by atoms with van der Waals surface area (Å²) < 4.78 is 5.71. The van der Waals surface area contributed by atoms with E-state index in [1.807, 2.05) is 6.07 Å². The number of hydrogen-bond acceptors (Lipinski definition) is 4. The molecule has 3 rings (SSSR count). The third kappa shape index (κ3) is 4.33. The number of carbonyl (C=O) groups excluding carboxylic acids is 1. The molecule has 1 saturated heterocycles. The molecule has 1 unspecified atom stereocenters. The lowest BCUT2D eigenvalue weighted by Gasteiger charge is -2.23. The number of amides is 1. The van der Waals surface area contributed by atoms with Crippen molar-refractivity contribution in [3.63, 3.8) is 0 Å². The highest BCUT2D eigenvalue weighted by atomic mass is 16.5.